The first-order chi connectivity index (χ1) is 15.0. The fourth-order valence-electron chi connectivity index (χ4n) is 3.91. The van der Waals surface area contributed by atoms with E-state index in [1.165, 1.54) is 22.9 Å². The normalized spacial score (nSPS) is 14.9. The van der Waals surface area contributed by atoms with E-state index in [0.29, 0.717) is 5.16 Å². The van der Waals surface area contributed by atoms with Crippen molar-refractivity contribution in [3.63, 3.8) is 0 Å². The van der Waals surface area contributed by atoms with Gasteiger partial charge in [0.2, 0.25) is 5.91 Å². The molecule has 3 aromatic rings. The summed E-state index contributed by atoms with van der Waals surface area (Å²) in [5, 5.41) is 21.9. The molecule has 1 aliphatic carbocycles. The molecule has 0 radical (unpaired) electrons. The number of nitrogens with one attached hydrogen (secondary N) is 1. The third kappa shape index (κ3) is 4.49. The number of carbonyl (C=O) groups excluding carboxylic acids is 1. The van der Waals surface area contributed by atoms with Crippen molar-refractivity contribution in [3.05, 3.63) is 59.7 Å². The first-order valence-corrected chi connectivity index (χ1v) is 11.4. The van der Waals surface area contributed by atoms with Crippen LogP contribution in [-0.4, -0.2) is 32.0 Å². The second kappa shape index (κ2) is 8.94. The van der Waals surface area contributed by atoms with Crippen LogP contribution in [0.15, 0.2) is 53.7 Å². The third-order valence-corrected chi connectivity index (χ3v) is 6.73. The molecule has 1 heterocycles. The Bertz CT molecular complexity index is 1130. The highest BCUT2D eigenvalue weighted by atomic mass is 32.2. The number of amides is 1. The van der Waals surface area contributed by atoms with Crippen LogP contribution < -0.4 is 5.32 Å². The number of nitriles is 1. The minimum Gasteiger partial charge on any atom is -0.337 e. The van der Waals surface area contributed by atoms with E-state index in [4.69, 9.17) is 0 Å². The van der Waals surface area contributed by atoms with Crippen LogP contribution in [0.25, 0.3) is 17.1 Å². The average Bonchev–Trinajstić information content (AvgIpc) is 3.42. The van der Waals surface area contributed by atoms with Crippen LogP contribution in [-0.2, 0) is 4.79 Å². The van der Waals surface area contributed by atoms with Gasteiger partial charge < -0.3 is 5.32 Å². The molecular formula is C24H25N5OS. The lowest BCUT2D eigenvalue weighted by atomic mass is 10.0. The predicted octanol–water partition coefficient (Wildman–Crippen LogP) is 4.60. The van der Waals surface area contributed by atoms with Gasteiger partial charge >= 0.3 is 0 Å². The lowest BCUT2D eigenvalue weighted by Gasteiger charge is -2.21. The minimum absolute atomic E-state index is 0.149. The highest BCUT2D eigenvalue weighted by molar-refractivity contribution is 7.99. The predicted molar refractivity (Wildman–Crippen MR) is 122 cm³/mol. The van der Waals surface area contributed by atoms with Crippen molar-refractivity contribution in [2.45, 2.75) is 50.2 Å². The second-order valence-corrected chi connectivity index (χ2v) is 8.96. The van der Waals surface area contributed by atoms with Crippen molar-refractivity contribution in [1.29, 1.82) is 5.26 Å². The van der Waals surface area contributed by atoms with Crippen LogP contribution in [0.3, 0.4) is 0 Å². The molecule has 0 bridgehead atoms. The zero-order valence-corrected chi connectivity index (χ0v) is 18.6. The number of benzene rings is 2. The van der Waals surface area contributed by atoms with Gasteiger partial charge in [0.15, 0.2) is 11.0 Å². The highest BCUT2D eigenvalue weighted by Gasteiger charge is 2.35. The molecule has 0 atom stereocenters. The van der Waals surface area contributed by atoms with E-state index in [-0.39, 0.29) is 11.7 Å². The fraction of sp³-hybridized carbons (Fsp3) is 0.333. The molecule has 7 heteroatoms. The van der Waals surface area contributed by atoms with Gasteiger partial charge in [-0.15, -0.1) is 10.2 Å². The van der Waals surface area contributed by atoms with Crippen molar-refractivity contribution in [2.24, 2.45) is 0 Å². The number of hydrogen-bond acceptors (Lipinski definition) is 5. The molecule has 1 aliphatic rings. The van der Waals surface area contributed by atoms with E-state index in [9.17, 15) is 10.1 Å². The van der Waals surface area contributed by atoms with E-state index in [1.54, 1.807) is 0 Å². The number of carbonyl (C=O) groups is 1. The number of aryl methyl sites for hydroxylation is 2. The Labute approximate surface area is 186 Å². The SMILES string of the molecule is Cc1ccc(-n2c(SCC(=O)NC3(C#N)CCCC3)nnc2-c2ccccc2)cc1C. The zero-order chi connectivity index (χ0) is 21.8. The summed E-state index contributed by atoms with van der Waals surface area (Å²) in [4.78, 5) is 12.6. The van der Waals surface area contributed by atoms with Gasteiger partial charge in [-0.3, -0.25) is 9.36 Å². The Hall–Kier alpha value is -3.11. The largest absolute Gasteiger partial charge is 0.337 e. The molecule has 1 amide bonds. The molecule has 1 N–H and O–H groups in total. The van der Waals surface area contributed by atoms with Crippen LogP contribution in [0.1, 0.15) is 36.8 Å². The van der Waals surface area contributed by atoms with E-state index >= 15 is 0 Å². The van der Waals surface area contributed by atoms with E-state index in [2.05, 4.69) is 47.6 Å². The minimum atomic E-state index is -0.714. The first kappa shape index (κ1) is 21.1. The summed E-state index contributed by atoms with van der Waals surface area (Å²) in [5.74, 6) is 0.765. The maximum Gasteiger partial charge on any atom is 0.231 e. The van der Waals surface area contributed by atoms with Crippen LogP contribution in [0.2, 0.25) is 0 Å². The number of aromatic nitrogens is 3. The second-order valence-electron chi connectivity index (χ2n) is 8.01. The lowest BCUT2D eigenvalue weighted by molar-refractivity contribution is -0.119. The van der Waals surface area contributed by atoms with Gasteiger partial charge in [0.25, 0.3) is 0 Å². The van der Waals surface area contributed by atoms with Gasteiger partial charge in [-0.05, 0) is 62.8 Å². The quantitative estimate of drug-likeness (QED) is 0.577. The maximum atomic E-state index is 12.6. The van der Waals surface area contributed by atoms with Gasteiger partial charge in [-0.2, -0.15) is 5.26 Å². The first-order valence-electron chi connectivity index (χ1n) is 10.4. The molecule has 6 nitrogen and oxygen atoms in total. The van der Waals surface area contributed by atoms with Crippen LogP contribution in [0.5, 0.6) is 0 Å². The van der Waals surface area contributed by atoms with Crippen LogP contribution >= 0.6 is 11.8 Å². The summed E-state index contributed by atoms with van der Waals surface area (Å²) in [6.45, 7) is 4.16. The molecular weight excluding hydrogens is 406 g/mol. The Morgan fingerprint density at radius 3 is 2.55 bits per heavy atom. The molecule has 1 fully saturated rings. The van der Waals surface area contributed by atoms with Gasteiger partial charge in [-0.1, -0.05) is 48.2 Å². The topological polar surface area (TPSA) is 83.6 Å². The highest BCUT2D eigenvalue weighted by Crippen LogP contribution is 2.31. The molecule has 31 heavy (non-hydrogen) atoms. The summed E-state index contributed by atoms with van der Waals surface area (Å²) in [5.41, 5.74) is 3.59. The molecule has 158 valence electrons. The molecule has 2 aromatic carbocycles. The van der Waals surface area contributed by atoms with Crippen molar-refractivity contribution >= 4 is 17.7 Å². The molecule has 0 saturated heterocycles. The molecule has 0 spiro atoms. The Balaban J connectivity index is 1.62. The van der Waals surface area contributed by atoms with Crippen molar-refractivity contribution in [1.82, 2.24) is 20.1 Å². The number of nitrogens with zero attached hydrogens (tertiary/aromatic N) is 4. The Kier molecular flexibility index (Phi) is 6.10. The number of hydrogen-bond donors (Lipinski definition) is 1. The van der Waals surface area contributed by atoms with E-state index in [1.807, 2.05) is 41.0 Å². The summed E-state index contributed by atoms with van der Waals surface area (Å²) in [6.07, 6.45) is 3.39. The average molecular weight is 432 g/mol. The summed E-state index contributed by atoms with van der Waals surface area (Å²) in [7, 11) is 0. The summed E-state index contributed by atoms with van der Waals surface area (Å²) >= 11 is 1.34. The number of rotatable bonds is 6. The van der Waals surface area contributed by atoms with Crippen molar-refractivity contribution in [3.8, 4) is 23.1 Å². The van der Waals surface area contributed by atoms with Crippen LogP contribution in [0, 0.1) is 25.2 Å². The van der Waals surface area contributed by atoms with Gasteiger partial charge in [0, 0.05) is 5.56 Å². The van der Waals surface area contributed by atoms with Crippen molar-refractivity contribution < 1.29 is 4.79 Å². The van der Waals surface area contributed by atoms with Gasteiger partial charge in [0.05, 0.1) is 17.5 Å². The third-order valence-electron chi connectivity index (χ3n) is 5.80. The molecule has 1 aromatic heterocycles. The Morgan fingerprint density at radius 1 is 1.13 bits per heavy atom. The van der Waals surface area contributed by atoms with Crippen molar-refractivity contribution in [2.75, 3.05) is 5.75 Å². The van der Waals surface area contributed by atoms with Crippen LogP contribution in [0.4, 0.5) is 0 Å². The summed E-state index contributed by atoms with van der Waals surface area (Å²) in [6, 6.07) is 18.4. The molecule has 0 aliphatic heterocycles. The van der Waals surface area contributed by atoms with Gasteiger partial charge in [0.1, 0.15) is 5.54 Å². The monoisotopic (exact) mass is 431 g/mol. The van der Waals surface area contributed by atoms with Gasteiger partial charge in [-0.25, -0.2) is 0 Å². The van der Waals surface area contributed by atoms with E-state index in [0.717, 1.165) is 42.8 Å². The maximum absolute atomic E-state index is 12.6. The van der Waals surface area contributed by atoms with E-state index < -0.39 is 5.54 Å². The molecule has 4 rings (SSSR count). The molecule has 0 unspecified atom stereocenters. The Morgan fingerprint density at radius 2 is 1.87 bits per heavy atom. The fourth-order valence-corrected chi connectivity index (χ4v) is 4.66. The zero-order valence-electron chi connectivity index (χ0n) is 17.8. The lowest BCUT2D eigenvalue weighted by Crippen LogP contribution is -2.45. The standard InChI is InChI=1S/C24H25N5OS/c1-17-10-11-20(14-18(17)2)29-22(19-8-4-3-5-9-19)27-28-23(29)31-15-21(30)26-24(16-25)12-6-7-13-24/h3-5,8-11,14H,6-7,12-13,15H2,1-2H3,(H,26,30). The summed E-state index contributed by atoms with van der Waals surface area (Å²) < 4.78 is 2.00. The number of thioether (sulfide) groups is 1. The molecule has 1 saturated carbocycles. The smallest absolute Gasteiger partial charge is 0.231 e.